The molecule has 10 heteroatoms. The van der Waals surface area contributed by atoms with Crippen LogP contribution < -0.4 is 15.4 Å². The highest BCUT2D eigenvalue weighted by atomic mass is 32.2. The van der Waals surface area contributed by atoms with Gasteiger partial charge in [-0.3, -0.25) is 9.59 Å². The van der Waals surface area contributed by atoms with E-state index in [0.717, 1.165) is 0 Å². The fourth-order valence-corrected chi connectivity index (χ4v) is 3.47. The Bertz CT molecular complexity index is 1000. The van der Waals surface area contributed by atoms with Gasteiger partial charge in [-0.25, -0.2) is 17.9 Å². The lowest BCUT2D eigenvalue weighted by atomic mass is 10.2. The number of anilines is 1. The molecular weight excluding hydrogens is 410 g/mol. The van der Waals surface area contributed by atoms with Crippen LogP contribution in [0.15, 0.2) is 53.4 Å². The molecule has 2 aromatic carbocycles. The Hall–Kier alpha value is -3.24. The molecule has 0 aliphatic carbocycles. The van der Waals surface area contributed by atoms with Gasteiger partial charge in [0.25, 0.3) is 5.91 Å². The van der Waals surface area contributed by atoms with Gasteiger partial charge in [0.05, 0.1) is 17.1 Å². The highest BCUT2D eigenvalue weighted by Gasteiger charge is 2.15. The third-order valence-corrected chi connectivity index (χ3v) is 5.32. The van der Waals surface area contributed by atoms with E-state index in [4.69, 9.17) is 4.74 Å². The van der Waals surface area contributed by atoms with Crippen molar-refractivity contribution in [3.05, 3.63) is 59.7 Å². The number of hydrogen-bond donors (Lipinski definition) is 3. The topological polar surface area (TPSA) is 131 Å². The summed E-state index contributed by atoms with van der Waals surface area (Å²) < 4.78 is 31.8. The first kappa shape index (κ1) is 23.0. The van der Waals surface area contributed by atoms with E-state index >= 15 is 0 Å². The number of carbonyl (C=O) groups is 3. The van der Waals surface area contributed by atoms with Crippen LogP contribution in [0.2, 0.25) is 0 Å². The number of rotatable bonds is 9. The van der Waals surface area contributed by atoms with Gasteiger partial charge in [-0.15, -0.1) is 0 Å². The molecule has 0 radical (unpaired) electrons. The number of hydrogen-bond acceptors (Lipinski definition) is 6. The van der Waals surface area contributed by atoms with Crippen molar-refractivity contribution in [1.29, 1.82) is 0 Å². The first-order valence-corrected chi connectivity index (χ1v) is 10.6. The standard InChI is InChI=1S/C20H23N3O6S/c1-3-29-20(26)16-6-10-18(11-7-16)30(27,28)22-13-12-21-19(25)15-4-8-17(9-5-15)23-14(2)24/h4-11,22H,3,12-13H2,1-2H3,(H,21,25)(H,23,24). The number of nitrogens with one attached hydrogen (secondary N) is 3. The van der Waals surface area contributed by atoms with Crippen molar-refractivity contribution in [2.24, 2.45) is 0 Å². The minimum Gasteiger partial charge on any atom is -0.462 e. The zero-order valence-electron chi connectivity index (χ0n) is 16.6. The smallest absolute Gasteiger partial charge is 0.338 e. The molecule has 0 spiro atoms. The van der Waals surface area contributed by atoms with Crippen LogP contribution in [0, 0.1) is 0 Å². The molecule has 160 valence electrons. The molecule has 0 aromatic heterocycles. The molecule has 0 aliphatic rings. The second-order valence-corrected chi connectivity index (χ2v) is 7.92. The van der Waals surface area contributed by atoms with E-state index in [2.05, 4.69) is 15.4 Å². The van der Waals surface area contributed by atoms with Gasteiger partial charge in [0.15, 0.2) is 0 Å². The fraction of sp³-hybridized carbons (Fsp3) is 0.250. The van der Waals surface area contributed by atoms with Crippen molar-refractivity contribution < 1.29 is 27.5 Å². The van der Waals surface area contributed by atoms with Crippen molar-refractivity contribution in [3.63, 3.8) is 0 Å². The molecule has 0 unspecified atom stereocenters. The first-order valence-electron chi connectivity index (χ1n) is 9.15. The van der Waals surface area contributed by atoms with Crippen LogP contribution in [0.4, 0.5) is 5.69 Å². The molecule has 0 fully saturated rings. The molecule has 0 atom stereocenters. The summed E-state index contributed by atoms with van der Waals surface area (Å²) in [6.45, 7) is 3.35. The lowest BCUT2D eigenvalue weighted by Gasteiger charge is -2.09. The number of ether oxygens (including phenoxy) is 1. The molecule has 0 heterocycles. The summed E-state index contributed by atoms with van der Waals surface area (Å²) in [7, 11) is -3.79. The number of amides is 2. The Morgan fingerprint density at radius 3 is 2.07 bits per heavy atom. The van der Waals surface area contributed by atoms with Crippen molar-refractivity contribution in [1.82, 2.24) is 10.0 Å². The molecule has 0 aliphatic heterocycles. The van der Waals surface area contributed by atoms with Gasteiger partial charge < -0.3 is 15.4 Å². The van der Waals surface area contributed by atoms with Crippen LogP contribution >= 0.6 is 0 Å². The van der Waals surface area contributed by atoms with Crippen molar-refractivity contribution in [3.8, 4) is 0 Å². The van der Waals surface area contributed by atoms with Gasteiger partial charge in [-0.1, -0.05) is 0 Å². The predicted molar refractivity (Wildman–Crippen MR) is 111 cm³/mol. The second kappa shape index (κ2) is 10.5. The Morgan fingerprint density at radius 1 is 0.900 bits per heavy atom. The van der Waals surface area contributed by atoms with Gasteiger partial charge in [0.1, 0.15) is 0 Å². The van der Waals surface area contributed by atoms with Gasteiger partial charge in [0.2, 0.25) is 15.9 Å². The molecule has 0 bridgehead atoms. The number of esters is 1. The van der Waals surface area contributed by atoms with E-state index in [0.29, 0.717) is 11.3 Å². The van der Waals surface area contributed by atoms with Crippen LogP contribution in [-0.4, -0.2) is 45.9 Å². The van der Waals surface area contributed by atoms with Gasteiger partial charge in [-0.05, 0) is 55.5 Å². The quantitative estimate of drug-likeness (QED) is 0.406. The zero-order chi connectivity index (χ0) is 22.1. The monoisotopic (exact) mass is 433 g/mol. The highest BCUT2D eigenvalue weighted by molar-refractivity contribution is 7.89. The summed E-state index contributed by atoms with van der Waals surface area (Å²) >= 11 is 0. The SMILES string of the molecule is CCOC(=O)c1ccc(S(=O)(=O)NCCNC(=O)c2ccc(NC(C)=O)cc2)cc1. The summed E-state index contributed by atoms with van der Waals surface area (Å²) in [6.07, 6.45) is 0. The average Bonchev–Trinajstić information content (AvgIpc) is 2.71. The second-order valence-electron chi connectivity index (χ2n) is 6.16. The lowest BCUT2D eigenvalue weighted by molar-refractivity contribution is -0.114. The van der Waals surface area contributed by atoms with E-state index in [1.165, 1.54) is 31.2 Å². The molecule has 0 saturated heterocycles. The van der Waals surface area contributed by atoms with Crippen LogP contribution in [0.3, 0.4) is 0 Å². The maximum absolute atomic E-state index is 12.3. The van der Waals surface area contributed by atoms with Crippen LogP contribution in [-0.2, 0) is 19.6 Å². The van der Waals surface area contributed by atoms with Crippen LogP contribution in [0.5, 0.6) is 0 Å². The highest BCUT2D eigenvalue weighted by Crippen LogP contribution is 2.12. The minimum atomic E-state index is -3.79. The van der Waals surface area contributed by atoms with Gasteiger partial charge >= 0.3 is 5.97 Å². The zero-order valence-corrected chi connectivity index (χ0v) is 17.4. The van der Waals surface area contributed by atoms with Crippen LogP contribution in [0.25, 0.3) is 0 Å². The maximum Gasteiger partial charge on any atom is 0.338 e. The molecular formula is C20H23N3O6S. The van der Waals surface area contributed by atoms with Crippen LogP contribution in [0.1, 0.15) is 34.6 Å². The molecule has 3 N–H and O–H groups in total. The molecule has 30 heavy (non-hydrogen) atoms. The van der Waals surface area contributed by atoms with E-state index in [-0.39, 0.29) is 42.0 Å². The average molecular weight is 433 g/mol. The third kappa shape index (κ3) is 6.68. The molecule has 2 aromatic rings. The Labute approximate surface area is 174 Å². The maximum atomic E-state index is 12.3. The summed E-state index contributed by atoms with van der Waals surface area (Å²) in [5, 5.41) is 5.21. The van der Waals surface area contributed by atoms with Crippen molar-refractivity contribution >= 4 is 33.5 Å². The van der Waals surface area contributed by atoms with Gasteiger partial charge in [0, 0.05) is 31.3 Å². The summed E-state index contributed by atoms with van der Waals surface area (Å²) in [6, 6.07) is 11.7. The summed E-state index contributed by atoms with van der Waals surface area (Å²) in [4.78, 5) is 34.7. The number of sulfonamides is 1. The lowest BCUT2D eigenvalue weighted by Crippen LogP contribution is -2.34. The van der Waals surface area contributed by atoms with Gasteiger partial charge in [-0.2, -0.15) is 0 Å². The largest absolute Gasteiger partial charge is 0.462 e. The molecule has 9 nitrogen and oxygen atoms in total. The summed E-state index contributed by atoms with van der Waals surface area (Å²) in [5.74, 6) is -1.11. The molecule has 2 rings (SSSR count). The molecule has 0 saturated carbocycles. The van der Waals surface area contributed by atoms with E-state index in [9.17, 15) is 22.8 Å². The normalized spacial score (nSPS) is 10.9. The van der Waals surface area contributed by atoms with Crippen molar-refractivity contribution in [2.45, 2.75) is 18.7 Å². The van der Waals surface area contributed by atoms with E-state index in [1.54, 1.807) is 31.2 Å². The van der Waals surface area contributed by atoms with E-state index < -0.39 is 16.0 Å². The first-order chi connectivity index (χ1) is 14.2. The number of benzene rings is 2. The fourth-order valence-electron chi connectivity index (χ4n) is 2.44. The molecule has 2 amide bonds. The Balaban J connectivity index is 1.84. The van der Waals surface area contributed by atoms with E-state index in [1.807, 2.05) is 0 Å². The Kier molecular flexibility index (Phi) is 8.07. The van der Waals surface area contributed by atoms with Crippen molar-refractivity contribution in [2.75, 3.05) is 25.0 Å². The minimum absolute atomic E-state index is 0.00423. The predicted octanol–water partition coefficient (Wildman–Crippen LogP) is 1.53. The summed E-state index contributed by atoms with van der Waals surface area (Å²) in [5.41, 5.74) is 1.20. The Morgan fingerprint density at radius 2 is 1.50 bits per heavy atom. The third-order valence-electron chi connectivity index (χ3n) is 3.85. The number of carbonyl (C=O) groups excluding carboxylic acids is 3.